The summed E-state index contributed by atoms with van der Waals surface area (Å²) >= 11 is 11.3. The Morgan fingerprint density at radius 2 is 1.84 bits per heavy atom. The smallest absolute Gasteiger partial charge is 0.258 e. The summed E-state index contributed by atoms with van der Waals surface area (Å²) in [5.74, 6) is -0.333. The number of anilines is 2. The zero-order valence-electron chi connectivity index (χ0n) is 14.6. The second-order valence-corrected chi connectivity index (χ2v) is 6.38. The molecule has 2 aromatic rings. The molecule has 0 aliphatic rings. The van der Waals surface area contributed by atoms with Gasteiger partial charge in [-0.1, -0.05) is 23.7 Å². The summed E-state index contributed by atoms with van der Waals surface area (Å²) in [7, 11) is 0. The van der Waals surface area contributed by atoms with Crippen LogP contribution in [0.25, 0.3) is 0 Å². The monoisotopic (exact) mass is 375 g/mol. The van der Waals surface area contributed by atoms with Crippen LogP contribution in [0, 0.1) is 6.92 Å². The first-order valence-electron chi connectivity index (χ1n) is 8.18. The number of nitrogens with one attached hydrogen (secondary N) is 2. The van der Waals surface area contributed by atoms with Crippen molar-refractivity contribution in [1.82, 2.24) is 5.32 Å². The van der Waals surface area contributed by atoms with Gasteiger partial charge in [-0.15, -0.1) is 0 Å². The Morgan fingerprint density at radius 3 is 2.44 bits per heavy atom. The number of aryl methyl sites for hydroxylation is 1. The molecule has 0 spiro atoms. The molecule has 0 aliphatic heterocycles. The molecule has 1 amide bonds. The van der Waals surface area contributed by atoms with E-state index in [4.69, 9.17) is 23.8 Å². The van der Waals surface area contributed by atoms with Crippen LogP contribution in [0.15, 0.2) is 42.5 Å². The molecule has 6 heteroatoms. The second kappa shape index (κ2) is 8.83. The van der Waals surface area contributed by atoms with E-state index in [-0.39, 0.29) is 11.0 Å². The van der Waals surface area contributed by atoms with Crippen molar-refractivity contribution in [2.75, 3.05) is 23.3 Å². The molecule has 0 atom stereocenters. The van der Waals surface area contributed by atoms with E-state index in [0.717, 1.165) is 24.3 Å². The van der Waals surface area contributed by atoms with E-state index in [1.54, 1.807) is 24.3 Å². The molecular formula is C19H22ClN3OS. The predicted molar refractivity (Wildman–Crippen MR) is 110 cm³/mol. The molecule has 25 heavy (non-hydrogen) atoms. The summed E-state index contributed by atoms with van der Waals surface area (Å²) < 4.78 is 0. The van der Waals surface area contributed by atoms with Crippen LogP contribution in [0.4, 0.5) is 11.4 Å². The number of halogens is 1. The summed E-state index contributed by atoms with van der Waals surface area (Å²) in [5.41, 5.74) is 3.47. The fraction of sp³-hybridized carbons (Fsp3) is 0.263. The Kier molecular flexibility index (Phi) is 6.79. The number of thiocarbonyl (C=S) groups is 1. The lowest BCUT2D eigenvalue weighted by Crippen LogP contribution is -2.34. The average molecular weight is 376 g/mol. The van der Waals surface area contributed by atoms with E-state index < -0.39 is 0 Å². The molecule has 2 aromatic carbocycles. The van der Waals surface area contributed by atoms with E-state index in [0.29, 0.717) is 10.6 Å². The van der Waals surface area contributed by atoms with Crippen molar-refractivity contribution in [3.8, 4) is 0 Å². The van der Waals surface area contributed by atoms with Crippen LogP contribution in [0.5, 0.6) is 0 Å². The zero-order valence-corrected chi connectivity index (χ0v) is 16.2. The van der Waals surface area contributed by atoms with Gasteiger partial charge in [-0.05, 0) is 68.9 Å². The minimum absolute atomic E-state index is 0.239. The topological polar surface area (TPSA) is 44.4 Å². The minimum Gasteiger partial charge on any atom is -0.372 e. The van der Waals surface area contributed by atoms with Crippen LogP contribution in [-0.2, 0) is 0 Å². The predicted octanol–water partition coefficient (Wildman–Crippen LogP) is 4.62. The van der Waals surface area contributed by atoms with Gasteiger partial charge in [0, 0.05) is 24.5 Å². The van der Waals surface area contributed by atoms with Gasteiger partial charge in [0.25, 0.3) is 5.91 Å². The van der Waals surface area contributed by atoms with E-state index in [2.05, 4.69) is 35.4 Å². The van der Waals surface area contributed by atoms with Gasteiger partial charge in [0.2, 0.25) is 0 Å². The standard InChI is InChI=1S/C19H22ClN3OS/c1-4-23(5-2)14-10-11-17(13(3)12-14)21-19(25)22-18(24)15-8-6-7-9-16(15)20/h6-12H,4-5H2,1-3H3,(H2,21,22,24,25). The molecule has 0 saturated heterocycles. The van der Waals surface area contributed by atoms with Crippen LogP contribution in [0.1, 0.15) is 29.8 Å². The van der Waals surface area contributed by atoms with Crippen LogP contribution in [0.2, 0.25) is 5.02 Å². The summed E-state index contributed by atoms with van der Waals surface area (Å²) in [6, 6.07) is 13.0. The highest BCUT2D eigenvalue weighted by Crippen LogP contribution is 2.22. The van der Waals surface area contributed by atoms with E-state index in [1.807, 2.05) is 19.1 Å². The molecule has 132 valence electrons. The largest absolute Gasteiger partial charge is 0.372 e. The lowest BCUT2D eigenvalue weighted by Gasteiger charge is -2.22. The number of hydrogen-bond donors (Lipinski definition) is 2. The van der Waals surface area contributed by atoms with E-state index >= 15 is 0 Å². The molecule has 4 nitrogen and oxygen atoms in total. The van der Waals surface area contributed by atoms with Gasteiger partial charge >= 0.3 is 0 Å². The van der Waals surface area contributed by atoms with Crippen molar-refractivity contribution in [3.63, 3.8) is 0 Å². The van der Waals surface area contributed by atoms with Crippen LogP contribution in [0.3, 0.4) is 0 Å². The van der Waals surface area contributed by atoms with Crippen molar-refractivity contribution < 1.29 is 4.79 Å². The van der Waals surface area contributed by atoms with Crippen molar-refractivity contribution in [3.05, 3.63) is 58.6 Å². The Balaban J connectivity index is 2.05. The molecule has 2 rings (SSSR count). The molecular weight excluding hydrogens is 354 g/mol. The molecule has 0 fully saturated rings. The first-order valence-corrected chi connectivity index (χ1v) is 8.97. The third-order valence-electron chi connectivity index (χ3n) is 3.93. The lowest BCUT2D eigenvalue weighted by molar-refractivity contribution is 0.0978. The molecule has 0 heterocycles. The summed E-state index contributed by atoms with van der Waals surface area (Å²) in [4.78, 5) is 14.5. The summed E-state index contributed by atoms with van der Waals surface area (Å²) in [5, 5.41) is 6.36. The third kappa shape index (κ3) is 4.94. The molecule has 0 radical (unpaired) electrons. The Hall–Kier alpha value is -2.11. The van der Waals surface area contributed by atoms with Crippen molar-refractivity contribution in [2.24, 2.45) is 0 Å². The first kappa shape index (κ1) is 19.2. The summed E-state index contributed by atoms with van der Waals surface area (Å²) in [6.07, 6.45) is 0. The SMILES string of the molecule is CCN(CC)c1ccc(NC(=S)NC(=O)c2ccccc2Cl)c(C)c1. The number of carbonyl (C=O) groups is 1. The van der Waals surface area contributed by atoms with Gasteiger partial charge < -0.3 is 10.2 Å². The minimum atomic E-state index is -0.333. The molecule has 0 aliphatic carbocycles. The number of carbonyl (C=O) groups excluding carboxylic acids is 1. The van der Waals surface area contributed by atoms with Gasteiger partial charge in [-0.2, -0.15) is 0 Å². The van der Waals surface area contributed by atoms with Crippen molar-refractivity contribution >= 4 is 46.2 Å². The first-order chi connectivity index (χ1) is 12.0. The zero-order chi connectivity index (χ0) is 18.4. The fourth-order valence-corrected chi connectivity index (χ4v) is 2.97. The van der Waals surface area contributed by atoms with Gasteiger partial charge in [0.15, 0.2) is 5.11 Å². The lowest BCUT2D eigenvalue weighted by atomic mass is 10.1. The third-order valence-corrected chi connectivity index (χ3v) is 4.47. The van der Waals surface area contributed by atoms with Crippen LogP contribution < -0.4 is 15.5 Å². The summed E-state index contributed by atoms with van der Waals surface area (Å²) in [6.45, 7) is 8.17. The quantitative estimate of drug-likeness (QED) is 0.748. The van der Waals surface area contributed by atoms with Gasteiger partial charge in [-0.3, -0.25) is 10.1 Å². The maximum Gasteiger partial charge on any atom is 0.258 e. The number of rotatable bonds is 5. The molecule has 0 aromatic heterocycles. The van der Waals surface area contributed by atoms with Gasteiger partial charge in [0.05, 0.1) is 10.6 Å². The molecule has 0 saturated carbocycles. The number of benzene rings is 2. The Morgan fingerprint density at radius 1 is 1.16 bits per heavy atom. The highest BCUT2D eigenvalue weighted by molar-refractivity contribution is 7.80. The maximum atomic E-state index is 12.2. The normalized spacial score (nSPS) is 10.2. The second-order valence-electron chi connectivity index (χ2n) is 5.56. The highest BCUT2D eigenvalue weighted by Gasteiger charge is 2.12. The van der Waals surface area contributed by atoms with E-state index in [1.165, 1.54) is 5.69 Å². The van der Waals surface area contributed by atoms with Crippen molar-refractivity contribution in [1.29, 1.82) is 0 Å². The van der Waals surface area contributed by atoms with Crippen LogP contribution in [-0.4, -0.2) is 24.1 Å². The maximum absolute atomic E-state index is 12.2. The number of hydrogen-bond acceptors (Lipinski definition) is 3. The molecule has 0 bridgehead atoms. The van der Waals surface area contributed by atoms with Gasteiger partial charge in [0.1, 0.15) is 0 Å². The van der Waals surface area contributed by atoms with Crippen LogP contribution >= 0.6 is 23.8 Å². The fourth-order valence-electron chi connectivity index (χ4n) is 2.54. The number of nitrogens with zero attached hydrogens (tertiary/aromatic N) is 1. The molecule has 2 N–H and O–H groups in total. The highest BCUT2D eigenvalue weighted by atomic mass is 35.5. The van der Waals surface area contributed by atoms with Gasteiger partial charge in [-0.25, -0.2) is 0 Å². The number of amides is 1. The average Bonchev–Trinajstić information content (AvgIpc) is 2.58. The molecule has 0 unspecified atom stereocenters. The van der Waals surface area contributed by atoms with E-state index in [9.17, 15) is 4.79 Å². The van der Waals surface area contributed by atoms with Crippen molar-refractivity contribution in [2.45, 2.75) is 20.8 Å². The Labute approximate surface area is 159 Å². The Bertz CT molecular complexity index is 775.